The minimum Gasteiger partial charge on any atom is -0.368 e. The van der Waals surface area contributed by atoms with Gasteiger partial charge in [-0.15, -0.1) is 0 Å². The Morgan fingerprint density at radius 2 is 1.95 bits per heavy atom. The fraction of sp³-hybridized carbons (Fsp3) is 0.588. The number of aryl methyl sites for hydroxylation is 1. The Kier molecular flexibility index (Phi) is 3.46. The van der Waals surface area contributed by atoms with Gasteiger partial charge in [-0.2, -0.15) is 5.26 Å². The van der Waals surface area contributed by atoms with E-state index >= 15 is 0 Å². The number of anilines is 1. The predicted molar refractivity (Wildman–Crippen MR) is 78.2 cm³/mol. The van der Waals surface area contributed by atoms with E-state index in [1.807, 2.05) is 13.0 Å². The van der Waals surface area contributed by atoms with Crippen LogP contribution in [0.3, 0.4) is 0 Å². The fourth-order valence-corrected chi connectivity index (χ4v) is 3.90. The molecule has 1 heterocycles. The van der Waals surface area contributed by atoms with Gasteiger partial charge in [0.25, 0.3) is 0 Å². The molecule has 0 radical (unpaired) electrons. The second-order valence-corrected chi connectivity index (χ2v) is 6.06. The standard InChI is InChI=1S/C17H22N2/c1-13-11-16(9-8-15(13)12-18)19-10-4-6-14-5-2-3-7-17(14)19/h8-9,11,14,17H,2-7,10H2,1H3/t14-,17-/m1/s1. The van der Waals surface area contributed by atoms with Crippen molar-refractivity contribution in [2.45, 2.75) is 51.5 Å². The molecule has 1 saturated heterocycles. The molecule has 1 aliphatic heterocycles. The second-order valence-electron chi connectivity index (χ2n) is 6.06. The summed E-state index contributed by atoms with van der Waals surface area (Å²) < 4.78 is 0. The average Bonchev–Trinajstić information content (AvgIpc) is 2.46. The highest BCUT2D eigenvalue weighted by Gasteiger charge is 2.33. The van der Waals surface area contributed by atoms with Gasteiger partial charge in [0.15, 0.2) is 0 Å². The second kappa shape index (κ2) is 5.25. The summed E-state index contributed by atoms with van der Waals surface area (Å²) in [4.78, 5) is 2.61. The predicted octanol–water partition coefficient (Wildman–Crippen LogP) is 4.03. The van der Waals surface area contributed by atoms with Crippen LogP contribution in [-0.2, 0) is 0 Å². The van der Waals surface area contributed by atoms with Crippen molar-refractivity contribution in [2.75, 3.05) is 11.4 Å². The number of hydrogen-bond acceptors (Lipinski definition) is 2. The van der Waals surface area contributed by atoms with E-state index < -0.39 is 0 Å². The molecule has 100 valence electrons. The van der Waals surface area contributed by atoms with Crippen LogP contribution in [0.2, 0.25) is 0 Å². The van der Waals surface area contributed by atoms with Crippen LogP contribution in [0.5, 0.6) is 0 Å². The Labute approximate surface area is 116 Å². The van der Waals surface area contributed by atoms with Crippen LogP contribution in [-0.4, -0.2) is 12.6 Å². The normalized spacial score (nSPS) is 26.6. The van der Waals surface area contributed by atoms with Crippen LogP contribution < -0.4 is 4.90 Å². The van der Waals surface area contributed by atoms with Gasteiger partial charge in [0.05, 0.1) is 11.6 Å². The lowest BCUT2D eigenvalue weighted by Gasteiger charge is -2.45. The smallest absolute Gasteiger partial charge is 0.0994 e. The van der Waals surface area contributed by atoms with Crippen LogP contribution in [0, 0.1) is 24.2 Å². The molecule has 0 bridgehead atoms. The molecule has 0 spiro atoms. The third-order valence-corrected chi connectivity index (χ3v) is 4.91. The van der Waals surface area contributed by atoms with Gasteiger partial charge in [-0.1, -0.05) is 12.8 Å². The summed E-state index contributed by atoms with van der Waals surface area (Å²) in [6, 6.07) is 9.34. The topological polar surface area (TPSA) is 27.0 Å². The van der Waals surface area contributed by atoms with Crippen molar-refractivity contribution in [2.24, 2.45) is 5.92 Å². The Balaban J connectivity index is 1.88. The van der Waals surface area contributed by atoms with Gasteiger partial charge in [0.1, 0.15) is 0 Å². The maximum atomic E-state index is 9.04. The highest BCUT2D eigenvalue weighted by Crippen LogP contribution is 2.38. The summed E-state index contributed by atoms with van der Waals surface area (Å²) in [5.41, 5.74) is 3.24. The van der Waals surface area contributed by atoms with Crippen molar-refractivity contribution < 1.29 is 0 Å². The molecule has 2 nitrogen and oxygen atoms in total. The van der Waals surface area contributed by atoms with E-state index in [1.165, 1.54) is 50.8 Å². The van der Waals surface area contributed by atoms with E-state index in [0.717, 1.165) is 23.1 Å². The van der Waals surface area contributed by atoms with Crippen molar-refractivity contribution in [3.05, 3.63) is 29.3 Å². The molecule has 1 aromatic carbocycles. The van der Waals surface area contributed by atoms with E-state index in [9.17, 15) is 0 Å². The van der Waals surface area contributed by atoms with Gasteiger partial charge >= 0.3 is 0 Å². The zero-order chi connectivity index (χ0) is 13.2. The first kappa shape index (κ1) is 12.5. The third kappa shape index (κ3) is 2.34. The minimum atomic E-state index is 0.745. The maximum Gasteiger partial charge on any atom is 0.0994 e. The minimum absolute atomic E-state index is 0.745. The SMILES string of the molecule is Cc1cc(N2CCC[C@H]3CCCC[C@H]32)ccc1C#N. The first-order valence-corrected chi connectivity index (χ1v) is 7.57. The first-order valence-electron chi connectivity index (χ1n) is 7.57. The van der Waals surface area contributed by atoms with Crippen LogP contribution in [0.15, 0.2) is 18.2 Å². The highest BCUT2D eigenvalue weighted by molar-refractivity contribution is 5.54. The van der Waals surface area contributed by atoms with E-state index in [2.05, 4.69) is 23.1 Å². The van der Waals surface area contributed by atoms with Crippen LogP contribution >= 0.6 is 0 Å². The molecule has 0 amide bonds. The van der Waals surface area contributed by atoms with Crippen molar-refractivity contribution in [1.82, 2.24) is 0 Å². The summed E-state index contributed by atoms with van der Waals surface area (Å²) >= 11 is 0. The van der Waals surface area contributed by atoms with Gasteiger partial charge in [0.2, 0.25) is 0 Å². The molecule has 1 saturated carbocycles. The number of nitrogens with zero attached hydrogens (tertiary/aromatic N) is 2. The number of benzene rings is 1. The van der Waals surface area contributed by atoms with Crippen molar-refractivity contribution >= 4 is 5.69 Å². The van der Waals surface area contributed by atoms with Crippen LogP contribution in [0.1, 0.15) is 49.7 Å². The van der Waals surface area contributed by atoms with E-state index in [4.69, 9.17) is 5.26 Å². The lowest BCUT2D eigenvalue weighted by atomic mass is 9.78. The number of piperidine rings is 1. The molecule has 0 aromatic heterocycles. The summed E-state index contributed by atoms with van der Waals surface area (Å²) in [5.74, 6) is 0.901. The molecule has 2 atom stereocenters. The lowest BCUT2D eigenvalue weighted by Crippen LogP contribution is -2.46. The van der Waals surface area contributed by atoms with Crippen molar-refractivity contribution in [3.63, 3.8) is 0 Å². The van der Waals surface area contributed by atoms with Crippen molar-refractivity contribution in [3.8, 4) is 6.07 Å². The molecule has 0 unspecified atom stereocenters. The highest BCUT2D eigenvalue weighted by atomic mass is 15.2. The number of fused-ring (bicyclic) bond motifs is 1. The largest absolute Gasteiger partial charge is 0.368 e. The van der Waals surface area contributed by atoms with Gasteiger partial charge in [-0.05, 0) is 62.3 Å². The van der Waals surface area contributed by atoms with Crippen molar-refractivity contribution in [1.29, 1.82) is 5.26 Å². The Bertz CT molecular complexity index is 498. The molecule has 1 aromatic rings. The Morgan fingerprint density at radius 1 is 1.16 bits per heavy atom. The van der Waals surface area contributed by atoms with E-state index in [-0.39, 0.29) is 0 Å². The molecule has 0 N–H and O–H groups in total. The Hall–Kier alpha value is -1.49. The van der Waals surface area contributed by atoms with Gasteiger partial charge in [-0.3, -0.25) is 0 Å². The number of hydrogen-bond donors (Lipinski definition) is 0. The molecule has 19 heavy (non-hydrogen) atoms. The van der Waals surface area contributed by atoms with Gasteiger partial charge in [-0.25, -0.2) is 0 Å². The molecule has 1 aliphatic carbocycles. The third-order valence-electron chi connectivity index (χ3n) is 4.91. The number of rotatable bonds is 1. The van der Waals surface area contributed by atoms with E-state index in [0.29, 0.717) is 0 Å². The molecule has 3 rings (SSSR count). The quantitative estimate of drug-likeness (QED) is 0.756. The molecule has 2 aliphatic rings. The monoisotopic (exact) mass is 254 g/mol. The van der Waals surface area contributed by atoms with Crippen LogP contribution in [0.4, 0.5) is 5.69 Å². The summed E-state index contributed by atoms with van der Waals surface area (Å²) in [7, 11) is 0. The fourth-order valence-electron chi connectivity index (χ4n) is 3.90. The summed E-state index contributed by atoms with van der Waals surface area (Å²) in [6.07, 6.45) is 8.30. The zero-order valence-electron chi connectivity index (χ0n) is 11.7. The number of nitriles is 1. The molecule has 2 fully saturated rings. The van der Waals surface area contributed by atoms with E-state index in [1.54, 1.807) is 0 Å². The Morgan fingerprint density at radius 3 is 2.74 bits per heavy atom. The lowest BCUT2D eigenvalue weighted by molar-refractivity contribution is 0.244. The molecular weight excluding hydrogens is 232 g/mol. The molecule has 2 heteroatoms. The maximum absolute atomic E-state index is 9.04. The zero-order valence-corrected chi connectivity index (χ0v) is 11.7. The van der Waals surface area contributed by atoms with Gasteiger partial charge < -0.3 is 4.90 Å². The summed E-state index contributed by atoms with van der Waals surface area (Å²) in [6.45, 7) is 3.23. The molecular formula is C17H22N2. The van der Waals surface area contributed by atoms with Crippen LogP contribution in [0.25, 0.3) is 0 Å². The van der Waals surface area contributed by atoms with Gasteiger partial charge in [0, 0.05) is 18.3 Å². The average molecular weight is 254 g/mol. The summed E-state index contributed by atoms with van der Waals surface area (Å²) in [5, 5.41) is 9.04. The first-order chi connectivity index (χ1) is 9.29.